The largest absolute Gasteiger partial charge is 0.497 e. The van der Waals surface area contributed by atoms with Gasteiger partial charge in [0.25, 0.3) is 0 Å². The number of hydrogen-bond acceptors (Lipinski definition) is 2. The van der Waals surface area contributed by atoms with Crippen molar-refractivity contribution in [1.82, 2.24) is 0 Å². The van der Waals surface area contributed by atoms with E-state index in [0.29, 0.717) is 5.76 Å². The second kappa shape index (κ2) is 3.81. The average Bonchev–Trinajstić information content (AvgIpc) is 2.16. The summed E-state index contributed by atoms with van der Waals surface area (Å²) < 4.78 is 10.1. The molecular formula is C10H12O2. The highest BCUT2D eigenvalue weighted by atomic mass is 16.5. The molecule has 0 aliphatic rings. The number of ether oxygens (including phenoxy) is 2. The molecule has 0 atom stereocenters. The van der Waals surface area contributed by atoms with E-state index < -0.39 is 0 Å². The third-order valence-electron chi connectivity index (χ3n) is 1.65. The van der Waals surface area contributed by atoms with Crippen LogP contribution in [-0.4, -0.2) is 14.2 Å². The monoisotopic (exact) mass is 164 g/mol. The molecule has 0 aliphatic heterocycles. The van der Waals surface area contributed by atoms with Crippen molar-refractivity contribution in [2.45, 2.75) is 0 Å². The summed E-state index contributed by atoms with van der Waals surface area (Å²) in [4.78, 5) is 0. The number of para-hydroxylation sites is 1. The van der Waals surface area contributed by atoms with Crippen LogP contribution in [0.1, 0.15) is 5.56 Å². The molecule has 2 nitrogen and oxygen atoms in total. The summed E-state index contributed by atoms with van der Waals surface area (Å²) in [6, 6.07) is 7.61. The van der Waals surface area contributed by atoms with Crippen molar-refractivity contribution < 1.29 is 9.47 Å². The normalized spacial score (nSPS) is 9.17. The van der Waals surface area contributed by atoms with Crippen LogP contribution in [0.3, 0.4) is 0 Å². The van der Waals surface area contributed by atoms with Gasteiger partial charge in [-0.05, 0) is 12.1 Å². The number of methoxy groups -OCH3 is 2. The third-order valence-corrected chi connectivity index (χ3v) is 1.65. The summed E-state index contributed by atoms with van der Waals surface area (Å²) in [7, 11) is 3.22. The third kappa shape index (κ3) is 1.59. The maximum Gasteiger partial charge on any atom is 0.129 e. The summed E-state index contributed by atoms with van der Waals surface area (Å²) >= 11 is 0. The summed E-state index contributed by atoms with van der Waals surface area (Å²) in [6.07, 6.45) is 0. The second-order valence-electron chi connectivity index (χ2n) is 2.33. The van der Waals surface area contributed by atoms with Crippen molar-refractivity contribution in [3.8, 4) is 5.75 Å². The molecule has 2 heteroatoms. The molecule has 12 heavy (non-hydrogen) atoms. The molecule has 1 aromatic rings. The first-order valence-corrected chi connectivity index (χ1v) is 3.66. The van der Waals surface area contributed by atoms with Gasteiger partial charge in [0.2, 0.25) is 0 Å². The Balaban J connectivity index is 3.04. The highest BCUT2D eigenvalue weighted by molar-refractivity contribution is 5.63. The van der Waals surface area contributed by atoms with Crippen molar-refractivity contribution in [2.24, 2.45) is 0 Å². The highest BCUT2D eigenvalue weighted by Crippen LogP contribution is 2.24. The van der Waals surface area contributed by atoms with Crippen LogP contribution in [0.15, 0.2) is 30.8 Å². The van der Waals surface area contributed by atoms with Gasteiger partial charge in [-0.15, -0.1) is 0 Å². The average molecular weight is 164 g/mol. The number of hydrogen-bond donors (Lipinski definition) is 0. The van der Waals surface area contributed by atoms with Crippen LogP contribution >= 0.6 is 0 Å². The fraction of sp³-hybridized carbons (Fsp3) is 0.200. The first-order valence-electron chi connectivity index (χ1n) is 3.66. The van der Waals surface area contributed by atoms with Gasteiger partial charge < -0.3 is 9.47 Å². The molecule has 0 aliphatic carbocycles. The lowest BCUT2D eigenvalue weighted by Gasteiger charge is -2.08. The zero-order chi connectivity index (χ0) is 8.97. The molecule has 0 saturated carbocycles. The lowest BCUT2D eigenvalue weighted by Crippen LogP contribution is -1.91. The van der Waals surface area contributed by atoms with Crippen LogP contribution < -0.4 is 4.74 Å². The first kappa shape index (κ1) is 8.65. The molecule has 0 heterocycles. The molecule has 0 fully saturated rings. The molecule has 64 valence electrons. The van der Waals surface area contributed by atoms with Crippen molar-refractivity contribution in [1.29, 1.82) is 0 Å². The predicted octanol–water partition coefficient (Wildman–Crippen LogP) is 2.31. The van der Waals surface area contributed by atoms with E-state index in [-0.39, 0.29) is 0 Å². The van der Waals surface area contributed by atoms with Crippen LogP contribution in [0.4, 0.5) is 0 Å². The van der Waals surface area contributed by atoms with Gasteiger partial charge in [-0.2, -0.15) is 0 Å². The molecule has 0 bridgehead atoms. The van der Waals surface area contributed by atoms with E-state index in [2.05, 4.69) is 6.58 Å². The Morgan fingerprint density at radius 3 is 2.50 bits per heavy atom. The van der Waals surface area contributed by atoms with Crippen LogP contribution in [-0.2, 0) is 4.74 Å². The molecule has 1 rings (SSSR count). The summed E-state index contributed by atoms with van der Waals surface area (Å²) in [5, 5.41) is 0. The van der Waals surface area contributed by atoms with E-state index >= 15 is 0 Å². The molecule has 0 radical (unpaired) electrons. The van der Waals surface area contributed by atoms with Crippen molar-refractivity contribution >= 4 is 5.76 Å². The zero-order valence-corrected chi connectivity index (χ0v) is 7.33. The standard InChI is InChI=1S/C10H12O2/c1-8(11-2)9-6-4-5-7-10(9)12-3/h4-7H,1H2,2-3H3. The van der Waals surface area contributed by atoms with Crippen LogP contribution in [0.5, 0.6) is 5.75 Å². The van der Waals surface area contributed by atoms with E-state index in [1.54, 1.807) is 14.2 Å². The quantitative estimate of drug-likeness (QED) is 0.638. The van der Waals surface area contributed by atoms with Gasteiger partial charge in [0.15, 0.2) is 0 Å². The summed E-state index contributed by atoms with van der Waals surface area (Å²) in [6.45, 7) is 3.75. The zero-order valence-electron chi connectivity index (χ0n) is 7.33. The fourth-order valence-corrected chi connectivity index (χ4v) is 0.985. The van der Waals surface area contributed by atoms with Gasteiger partial charge in [-0.3, -0.25) is 0 Å². The molecule has 0 aromatic heterocycles. The van der Waals surface area contributed by atoms with Crippen LogP contribution in [0, 0.1) is 0 Å². The van der Waals surface area contributed by atoms with E-state index in [1.807, 2.05) is 24.3 Å². The Labute approximate surface area is 72.4 Å². The predicted molar refractivity (Wildman–Crippen MR) is 49.0 cm³/mol. The van der Waals surface area contributed by atoms with Gasteiger partial charge in [0.1, 0.15) is 11.5 Å². The Morgan fingerprint density at radius 1 is 1.25 bits per heavy atom. The minimum atomic E-state index is 0.618. The van der Waals surface area contributed by atoms with E-state index in [1.165, 1.54) is 0 Å². The highest BCUT2D eigenvalue weighted by Gasteiger charge is 2.04. The van der Waals surface area contributed by atoms with Gasteiger partial charge in [-0.25, -0.2) is 0 Å². The minimum Gasteiger partial charge on any atom is -0.497 e. The number of benzene rings is 1. The van der Waals surface area contributed by atoms with Gasteiger partial charge >= 0.3 is 0 Å². The minimum absolute atomic E-state index is 0.618. The van der Waals surface area contributed by atoms with E-state index in [9.17, 15) is 0 Å². The Hall–Kier alpha value is -1.44. The maximum atomic E-state index is 5.13. The SMILES string of the molecule is C=C(OC)c1ccccc1OC. The van der Waals surface area contributed by atoms with Gasteiger partial charge in [0.05, 0.1) is 19.8 Å². The first-order chi connectivity index (χ1) is 5.79. The molecule has 0 unspecified atom stereocenters. The van der Waals surface area contributed by atoms with Crippen LogP contribution in [0.2, 0.25) is 0 Å². The molecule has 0 amide bonds. The topological polar surface area (TPSA) is 18.5 Å². The van der Waals surface area contributed by atoms with Gasteiger partial charge in [0, 0.05) is 0 Å². The molecule has 0 saturated heterocycles. The van der Waals surface area contributed by atoms with Crippen LogP contribution in [0.25, 0.3) is 5.76 Å². The van der Waals surface area contributed by atoms with Crippen molar-refractivity contribution in [2.75, 3.05) is 14.2 Å². The summed E-state index contributed by atoms with van der Waals surface area (Å²) in [5.74, 6) is 1.40. The summed E-state index contributed by atoms with van der Waals surface area (Å²) in [5.41, 5.74) is 0.891. The molecule has 1 aromatic carbocycles. The van der Waals surface area contributed by atoms with E-state index in [0.717, 1.165) is 11.3 Å². The molecular weight excluding hydrogens is 152 g/mol. The lowest BCUT2D eigenvalue weighted by atomic mass is 10.2. The van der Waals surface area contributed by atoms with Crippen molar-refractivity contribution in [3.63, 3.8) is 0 Å². The molecule has 0 N–H and O–H groups in total. The fourth-order valence-electron chi connectivity index (χ4n) is 0.985. The maximum absolute atomic E-state index is 5.13. The second-order valence-corrected chi connectivity index (χ2v) is 2.33. The Bertz CT molecular complexity index is 279. The smallest absolute Gasteiger partial charge is 0.129 e. The van der Waals surface area contributed by atoms with Gasteiger partial charge in [-0.1, -0.05) is 18.7 Å². The van der Waals surface area contributed by atoms with E-state index in [4.69, 9.17) is 9.47 Å². The molecule has 0 spiro atoms. The Morgan fingerprint density at radius 2 is 1.92 bits per heavy atom. The van der Waals surface area contributed by atoms with Crippen molar-refractivity contribution in [3.05, 3.63) is 36.4 Å². The Kier molecular flexibility index (Phi) is 2.75. The lowest BCUT2D eigenvalue weighted by molar-refractivity contribution is 0.363. The number of rotatable bonds is 3.